The number of hydrogen-bond acceptors (Lipinski definition) is 0. The van der Waals surface area contributed by atoms with E-state index in [0.717, 1.165) is 25.7 Å². The van der Waals surface area contributed by atoms with E-state index in [1.54, 1.807) is 55.7 Å². The van der Waals surface area contributed by atoms with E-state index in [1.165, 1.54) is 51.4 Å². The summed E-state index contributed by atoms with van der Waals surface area (Å²) >= 11 is 0. The molecule has 0 aliphatic heterocycles. The maximum Gasteiger partial charge on any atom is 0.0140 e. The van der Waals surface area contributed by atoms with Gasteiger partial charge in [-0.3, -0.25) is 0 Å². The maximum absolute atomic E-state index is 2.77. The maximum atomic E-state index is 2.77. The molecule has 0 aromatic heterocycles. The van der Waals surface area contributed by atoms with Crippen molar-refractivity contribution in [1.29, 1.82) is 0 Å². The molecule has 0 radical (unpaired) electrons. The van der Waals surface area contributed by atoms with Crippen molar-refractivity contribution in [2.75, 3.05) is 0 Å². The Kier molecular flexibility index (Phi) is 14.3. The van der Waals surface area contributed by atoms with Gasteiger partial charge in [0.25, 0.3) is 0 Å². The standard InChI is InChI=1S/C60H90/c1-39(2)31-57(32-40(3)4)23-25-59(35-43(9)10,36-44(11)12)55-29-51-47(19-21-49(51)27-53(55)57)17-18-48-20-22-50-28-54-56(30-52(48)50)60(37-45(13)14,38-46(15)16)26-24-58(54,33-41(5)6)34-42(7)8/h19-20,23-30,39-46H,17-18,21-22,31-38H2,1-16H3. The van der Waals surface area contributed by atoms with Crippen molar-refractivity contribution in [3.63, 3.8) is 0 Å². The third kappa shape index (κ3) is 9.64. The van der Waals surface area contributed by atoms with E-state index in [-0.39, 0.29) is 21.7 Å². The predicted molar refractivity (Wildman–Crippen MR) is 266 cm³/mol. The van der Waals surface area contributed by atoms with Gasteiger partial charge in [0.1, 0.15) is 0 Å². The van der Waals surface area contributed by atoms with Crippen LogP contribution in [0.1, 0.15) is 219 Å². The number of fused-ring (bicyclic) bond motifs is 4. The molecule has 60 heavy (non-hydrogen) atoms. The van der Waals surface area contributed by atoms with Gasteiger partial charge in [0.05, 0.1) is 0 Å². The van der Waals surface area contributed by atoms with E-state index in [1.807, 2.05) is 0 Å². The largest absolute Gasteiger partial charge is 0.0770 e. The second-order valence-electron chi connectivity index (χ2n) is 24.6. The molecule has 0 amide bonds. The Morgan fingerprint density at radius 3 is 0.767 bits per heavy atom. The molecule has 0 N–H and O–H groups in total. The van der Waals surface area contributed by atoms with Gasteiger partial charge in [-0.2, -0.15) is 0 Å². The van der Waals surface area contributed by atoms with Gasteiger partial charge in [-0.15, -0.1) is 0 Å². The van der Waals surface area contributed by atoms with Crippen LogP contribution in [0.2, 0.25) is 0 Å². The first-order valence-electron chi connectivity index (χ1n) is 25.3. The molecule has 330 valence electrons. The molecule has 4 aliphatic rings. The second-order valence-corrected chi connectivity index (χ2v) is 24.6. The fourth-order valence-electron chi connectivity index (χ4n) is 13.9. The van der Waals surface area contributed by atoms with Gasteiger partial charge in [-0.05, 0) is 180 Å². The molecular formula is C60H90. The van der Waals surface area contributed by atoms with Crippen molar-refractivity contribution < 1.29 is 0 Å². The van der Waals surface area contributed by atoms with Crippen LogP contribution in [0.5, 0.6) is 0 Å². The summed E-state index contributed by atoms with van der Waals surface area (Å²) in [7, 11) is 0. The van der Waals surface area contributed by atoms with Gasteiger partial charge in [0.15, 0.2) is 0 Å². The van der Waals surface area contributed by atoms with Crippen molar-refractivity contribution in [3.05, 3.63) is 105 Å². The summed E-state index contributed by atoms with van der Waals surface area (Å²) in [6.07, 6.45) is 30.4. The lowest BCUT2D eigenvalue weighted by atomic mass is 9.56. The summed E-state index contributed by atoms with van der Waals surface area (Å²) in [5.41, 5.74) is 16.6. The van der Waals surface area contributed by atoms with Crippen LogP contribution in [0.3, 0.4) is 0 Å². The van der Waals surface area contributed by atoms with Crippen LogP contribution in [0.4, 0.5) is 0 Å². The molecule has 0 saturated carbocycles. The Morgan fingerprint density at radius 2 is 0.550 bits per heavy atom. The van der Waals surface area contributed by atoms with Gasteiger partial charge in [0, 0.05) is 21.7 Å². The molecule has 0 unspecified atom stereocenters. The molecule has 0 bridgehead atoms. The molecule has 0 nitrogen and oxygen atoms in total. The van der Waals surface area contributed by atoms with Crippen molar-refractivity contribution in [3.8, 4) is 0 Å². The van der Waals surface area contributed by atoms with Crippen LogP contribution in [0.25, 0.3) is 11.1 Å². The Balaban J connectivity index is 1.41. The van der Waals surface area contributed by atoms with E-state index >= 15 is 0 Å². The summed E-state index contributed by atoms with van der Waals surface area (Å²) < 4.78 is 0. The summed E-state index contributed by atoms with van der Waals surface area (Å²) in [5.74, 6) is 5.17. The first-order valence-corrected chi connectivity index (χ1v) is 25.3. The molecule has 2 aromatic rings. The average molecular weight is 811 g/mol. The summed E-state index contributed by atoms with van der Waals surface area (Å²) in [5, 5.41) is 0. The minimum Gasteiger partial charge on any atom is -0.0770 e. The number of benzene rings is 2. The highest BCUT2D eigenvalue weighted by molar-refractivity contribution is 5.80. The lowest BCUT2D eigenvalue weighted by molar-refractivity contribution is 0.292. The van der Waals surface area contributed by atoms with Gasteiger partial charge < -0.3 is 0 Å². The zero-order chi connectivity index (χ0) is 43.9. The molecule has 4 aliphatic carbocycles. The third-order valence-electron chi connectivity index (χ3n) is 14.7. The zero-order valence-corrected chi connectivity index (χ0v) is 41.9. The molecule has 0 heteroatoms. The normalized spacial score (nSPS) is 19.3. The average Bonchev–Trinajstić information content (AvgIpc) is 3.70. The van der Waals surface area contributed by atoms with Gasteiger partial charge >= 0.3 is 0 Å². The minimum atomic E-state index is 0.0944. The molecule has 0 fully saturated rings. The molecule has 0 spiro atoms. The molecule has 2 aromatic carbocycles. The monoisotopic (exact) mass is 811 g/mol. The quantitative estimate of drug-likeness (QED) is 0.124. The first kappa shape index (κ1) is 46.9. The summed E-state index contributed by atoms with van der Waals surface area (Å²) in [4.78, 5) is 0. The van der Waals surface area contributed by atoms with Crippen LogP contribution in [-0.4, -0.2) is 0 Å². The summed E-state index contributed by atoms with van der Waals surface area (Å²) in [6, 6.07) is 11.0. The number of allylic oxidation sites excluding steroid dienone is 8. The lowest BCUT2D eigenvalue weighted by Gasteiger charge is -2.47. The van der Waals surface area contributed by atoms with Crippen molar-refractivity contribution in [2.24, 2.45) is 47.3 Å². The Labute approximate surface area is 371 Å². The molecule has 0 saturated heterocycles. The molecule has 0 heterocycles. The number of rotatable bonds is 19. The van der Waals surface area contributed by atoms with Crippen molar-refractivity contribution in [2.45, 2.75) is 209 Å². The van der Waals surface area contributed by atoms with Crippen LogP contribution in [0.15, 0.2) is 60.7 Å². The lowest BCUT2D eigenvalue weighted by Crippen LogP contribution is -2.40. The zero-order valence-electron chi connectivity index (χ0n) is 41.9. The molecule has 0 atom stereocenters. The third-order valence-corrected chi connectivity index (χ3v) is 14.7. The minimum absolute atomic E-state index is 0.0944. The van der Waals surface area contributed by atoms with E-state index in [2.05, 4.69) is 172 Å². The van der Waals surface area contributed by atoms with Crippen molar-refractivity contribution >= 4 is 11.1 Å². The first-order chi connectivity index (χ1) is 28.1. The fourth-order valence-corrected chi connectivity index (χ4v) is 13.9. The molecular weight excluding hydrogens is 721 g/mol. The number of hydrogen-bond donors (Lipinski definition) is 0. The Hall–Kier alpha value is -2.60. The smallest absolute Gasteiger partial charge is 0.0140 e. The van der Waals surface area contributed by atoms with Crippen LogP contribution in [0, 0.1) is 47.3 Å². The highest BCUT2D eigenvalue weighted by atomic mass is 14.5. The van der Waals surface area contributed by atoms with E-state index in [9.17, 15) is 0 Å². The van der Waals surface area contributed by atoms with Crippen LogP contribution >= 0.6 is 0 Å². The Morgan fingerprint density at radius 1 is 0.333 bits per heavy atom. The topological polar surface area (TPSA) is 0 Å². The van der Waals surface area contributed by atoms with E-state index in [0.29, 0.717) is 47.3 Å². The molecule has 6 rings (SSSR count). The van der Waals surface area contributed by atoms with Gasteiger partial charge in [-0.1, -0.05) is 172 Å². The second kappa shape index (κ2) is 18.2. The van der Waals surface area contributed by atoms with E-state index < -0.39 is 0 Å². The van der Waals surface area contributed by atoms with E-state index in [4.69, 9.17) is 0 Å². The summed E-state index contributed by atoms with van der Waals surface area (Å²) in [6.45, 7) is 39.1. The van der Waals surface area contributed by atoms with Crippen LogP contribution < -0.4 is 0 Å². The van der Waals surface area contributed by atoms with Gasteiger partial charge in [0.2, 0.25) is 0 Å². The SMILES string of the molecule is CC(C)CC1(CC(C)C)C=CC(CC(C)C)(CC(C)C)c2cc3c(cc21)CC=C3CCC1=CCc2cc3c(cc21)C(CC(C)C)(CC(C)C)C=CC3(CC(C)C)CC(C)C. The highest BCUT2D eigenvalue weighted by Gasteiger charge is 2.47. The predicted octanol–water partition coefficient (Wildman–Crippen LogP) is 17.5. The Bertz CT molecular complexity index is 1760. The fraction of sp³-hybridized carbons (Fsp3) is 0.667. The van der Waals surface area contributed by atoms with Crippen LogP contribution in [-0.2, 0) is 34.5 Å². The van der Waals surface area contributed by atoms with Crippen molar-refractivity contribution in [1.82, 2.24) is 0 Å². The highest BCUT2D eigenvalue weighted by Crippen LogP contribution is 2.56. The van der Waals surface area contributed by atoms with Gasteiger partial charge in [-0.25, -0.2) is 0 Å².